The van der Waals surface area contributed by atoms with Crippen LogP contribution < -0.4 is 5.32 Å². The molecule has 0 spiro atoms. The van der Waals surface area contributed by atoms with Crippen molar-refractivity contribution < 1.29 is 17.9 Å². The lowest BCUT2D eigenvalue weighted by molar-refractivity contribution is 0.122. The van der Waals surface area contributed by atoms with Gasteiger partial charge < -0.3 is 14.8 Å². The van der Waals surface area contributed by atoms with Gasteiger partial charge in [0.2, 0.25) is 0 Å². The fourth-order valence-electron chi connectivity index (χ4n) is 2.23. The molecule has 1 heterocycles. The Kier molecular flexibility index (Phi) is 6.40. The largest absolute Gasteiger partial charge is 0.384 e. The van der Waals surface area contributed by atoms with Crippen LogP contribution in [0.2, 0.25) is 0 Å². The van der Waals surface area contributed by atoms with Gasteiger partial charge in [0, 0.05) is 27.3 Å². The molecule has 1 aliphatic rings. The quantitative estimate of drug-likeness (QED) is 0.622. The van der Waals surface area contributed by atoms with E-state index in [0.29, 0.717) is 24.7 Å². The van der Waals surface area contributed by atoms with Crippen LogP contribution in [0.1, 0.15) is 6.42 Å². The van der Waals surface area contributed by atoms with E-state index in [1.807, 2.05) is 0 Å². The monoisotopic (exact) mass is 265 g/mol. The van der Waals surface area contributed by atoms with E-state index in [0.717, 1.165) is 19.5 Å². The van der Waals surface area contributed by atoms with Crippen LogP contribution >= 0.6 is 0 Å². The lowest BCUT2D eigenvalue weighted by Gasteiger charge is -2.22. The molecule has 5 nitrogen and oxygen atoms in total. The Balaban J connectivity index is 2.37. The molecule has 1 aliphatic heterocycles. The second kappa shape index (κ2) is 7.31. The van der Waals surface area contributed by atoms with Crippen LogP contribution in [0.25, 0.3) is 0 Å². The van der Waals surface area contributed by atoms with Crippen molar-refractivity contribution in [3.8, 4) is 0 Å². The van der Waals surface area contributed by atoms with Crippen LogP contribution in [0.5, 0.6) is 0 Å². The number of sulfone groups is 1. The molecule has 2 unspecified atom stereocenters. The summed E-state index contributed by atoms with van der Waals surface area (Å²) in [6.07, 6.45) is 0.766. The molecule has 1 rings (SSSR count). The molecule has 0 radical (unpaired) electrons. The normalized spacial score (nSPS) is 24.9. The van der Waals surface area contributed by atoms with E-state index in [9.17, 15) is 8.42 Å². The van der Waals surface area contributed by atoms with Gasteiger partial charge in [-0.1, -0.05) is 0 Å². The second-order valence-electron chi connectivity index (χ2n) is 4.58. The summed E-state index contributed by atoms with van der Waals surface area (Å²) in [6.45, 7) is 2.86. The summed E-state index contributed by atoms with van der Waals surface area (Å²) < 4.78 is 33.0. The van der Waals surface area contributed by atoms with Crippen LogP contribution in [0.3, 0.4) is 0 Å². The maximum absolute atomic E-state index is 11.4. The summed E-state index contributed by atoms with van der Waals surface area (Å²) in [5, 5.41) is 3.28. The Morgan fingerprint density at radius 2 is 2.12 bits per heavy atom. The van der Waals surface area contributed by atoms with Crippen molar-refractivity contribution in [1.29, 1.82) is 0 Å². The highest BCUT2D eigenvalue weighted by atomic mass is 32.2. The summed E-state index contributed by atoms with van der Waals surface area (Å²) in [5.41, 5.74) is 0. The van der Waals surface area contributed by atoms with Crippen molar-refractivity contribution in [2.75, 3.05) is 52.0 Å². The molecule has 0 aliphatic carbocycles. The number of hydrogen-bond donors (Lipinski definition) is 1. The van der Waals surface area contributed by atoms with Gasteiger partial charge >= 0.3 is 0 Å². The van der Waals surface area contributed by atoms with Gasteiger partial charge in [-0.2, -0.15) is 0 Å². The van der Waals surface area contributed by atoms with E-state index in [1.54, 1.807) is 14.2 Å². The summed E-state index contributed by atoms with van der Waals surface area (Å²) >= 11 is 0. The average Bonchev–Trinajstić information content (AvgIpc) is 2.63. The molecule has 102 valence electrons. The lowest BCUT2D eigenvalue weighted by atomic mass is 9.92. The van der Waals surface area contributed by atoms with Crippen molar-refractivity contribution in [2.45, 2.75) is 6.42 Å². The Morgan fingerprint density at radius 1 is 1.35 bits per heavy atom. The van der Waals surface area contributed by atoms with Crippen LogP contribution in [0.15, 0.2) is 0 Å². The maximum atomic E-state index is 11.4. The molecule has 0 saturated carbocycles. The molecule has 0 amide bonds. The third kappa shape index (κ3) is 5.33. The van der Waals surface area contributed by atoms with Gasteiger partial charge in [0.1, 0.15) is 0 Å². The highest BCUT2D eigenvalue weighted by Crippen LogP contribution is 2.25. The Labute approximate surface area is 104 Å². The minimum Gasteiger partial charge on any atom is -0.384 e. The molecule has 2 atom stereocenters. The molecule has 1 saturated heterocycles. The predicted octanol–water partition coefficient (Wildman–Crippen LogP) is -0.0803. The van der Waals surface area contributed by atoms with E-state index in [2.05, 4.69) is 5.32 Å². The first kappa shape index (κ1) is 14.9. The van der Waals surface area contributed by atoms with E-state index >= 15 is 0 Å². The number of ether oxygens (including phenoxy) is 2. The molecule has 0 aromatic heterocycles. The molecule has 0 aromatic rings. The Bertz CT molecular complexity index is 305. The standard InChI is InChI=1S/C11H23NO4S/c1-15-5-4-12-7-11(8-16-2)10-3-6-17(13,14)9-10/h10-12H,3-9H2,1-2H3. The van der Waals surface area contributed by atoms with E-state index < -0.39 is 9.84 Å². The SMILES string of the molecule is COCCNCC(COC)C1CCS(=O)(=O)C1. The van der Waals surface area contributed by atoms with E-state index in [-0.39, 0.29) is 11.8 Å². The van der Waals surface area contributed by atoms with Crippen LogP contribution in [0, 0.1) is 11.8 Å². The fraction of sp³-hybridized carbons (Fsp3) is 1.00. The highest BCUT2D eigenvalue weighted by molar-refractivity contribution is 7.91. The summed E-state index contributed by atoms with van der Waals surface area (Å²) in [4.78, 5) is 0. The van der Waals surface area contributed by atoms with Crippen molar-refractivity contribution >= 4 is 9.84 Å². The first-order valence-corrected chi connectivity index (χ1v) is 7.80. The summed E-state index contributed by atoms with van der Waals surface area (Å²) in [7, 11) is 0.521. The van der Waals surface area contributed by atoms with Gasteiger partial charge in [-0.05, 0) is 18.3 Å². The fourth-order valence-corrected chi connectivity index (χ4v) is 4.15. The first-order valence-electron chi connectivity index (χ1n) is 5.98. The topological polar surface area (TPSA) is 64.6 Å². The Hall–Kier alpha value is -0.170. The van der Waals surface area contributed by atoms with Gasteiger partial charge in [-0.3, -0.25) is 0 Å². The van der Waals surface area contributed by atoms with Crippen molar-refractivity contribution in [3.05, 3.63) is 0 Å². The zero-order valence-corrected chi connectivity index (χ0v) is 11.5. The molecular formula is C11H23NO4S. The smallest absolute Gasteiger partial charge is 0.150 e. The third-order valence-corrected chi connectivity index (χ3v) is 5.00. The van der Waals surface area contributed by atoms with Gasteiger partial charge in [-0.15, -0.1) is 0 Å². The van der Waals surface area contributed by atoms with E-state index in [4.69, 9.17) is 9.47 Å². The third-order valence-electron chi connectivity index (χ3n) is 3.20. The number of rotatable bonds is 8. The number of methoxy groups -OCH3 is 2. The first-order chi connectivity index (χ1) is 8.09. The molecule has 6 heteroatoms. The minimum absolute atomic E-state index is 0.231. The number of nitrogens with one attached hydrogen (secondary N) is 1. The Morgan fingerprint density at radius 3 is 2.65 bits per heavy atom. The number of hydrogen-bond acceptors (Lipinski definition) is 5. The van der Waals surface area contributed by atoms with Crippen LogP contribution in [-0.4, -0.2) is 60.4 Å². The molecule has 0 aromatic carbocycles. The van der Waals surface area contributed by atoms with Crippen molar-refractivity contribution in [2.24, 2.45) is 11.8 Å². The van der Waals surface area contributed by atoms with Gasteiger partial charge in [0.05, 0.1) is 24.7 Å². The molecular weight excluding hydrogens is 242 g/mol. The van der Waals surface area contributed by atoms with Crippen molar-refractivity contribution in [1.82, 2.24) is 5.32 Å². The summed E-state index contributed by atoms with van der Waals surface area (Å²) in [6, 6.07) is 0. The molecule has 0 bridgehead atoms. The van der Waals surface area contributed by atoms with Gasteiger partial charge in [0.15, 0.2) is 9.84 Å². The van der Waals surface area contributed by atoms with Gasteiger partial charge in [0.25, 0.3) is 0 Å². The molecule has 1 N–H and O–H groups in total. The highest BCUT2D eigenvalue weighted by Gasteiger charge is 2.33. The van der Waals surface area contributed by atoms with Gasteiger partial charge in [-0.25, -0.2) is 8.42 Å². The summed E-state index contributed by atoms with van der Waals surface area (Å²) in [5.74, 6) is 1.15. The lowest BCUT2D eigenvalue weighted by Crippen LogP contribution is -2.33. The average molecular weight is 265 g/mol. The zero-order chi connectivity index (χ0) is 12.7. The molecule has 1 fully saturated rings. The minimum atomic E-state index is -2.80. The molecule has 17 heavy (non-hydrogen) atoms. The van der Waals surface area contributed by atoms with Crippen LogP contribution in [-0.2, 0) is 19.3 Å². The predicted molar refractivity (Wildman–Crippen MR) is 66.9 cm³/mol. The van der Waals surface area contributed by atoms with Crippen molar-refractivity contribution in [3.63, 3.8) is 0 Å². The van der Waals surface area contributed by atoms with Crippen LogP contribution in [0.4, 0.5) is 0 Å². The zero-order valence-electron chi connectivity index (χ0n) is 10.6. The second-order valence-corrected chi connectivity index (χ2v) is 6.80. The van der Waals surface area contributed by atoms with E-state index in [1.165, 1.54) is 0 Å². The maximum Gasteiger partial charge on any atom is 0.150 e.